The van der Waals surface area contributed by atoms with Gasteiger partial charge in [0.2, 0.25) is 6.79 Å². The Morgan fingerprint density at radius 3 is 2.59 bits per heavy atom. The van der Waals surface area contributed by atoms with E-state index in [-0.39, 0.29) is 19.2 Å². The second-order valence-corrected chi connectivity index (χ2v) is 6.03. The van der Waals surface area contributed by atoms with Crippen molar-refractivity contribution in [3.8, 4) is 11.5 Å². The van der Waals surface area contributed by atoms with Gasteiger partial charge in [0.05, 0.1) is 12.8 Å². The molecule has 0 fully saturated rings. The number of anilines is 1. The summed E-state index contributed by atoms with van der Waals surface area (Å²) in [6, 6.07) is 12.5. The Kier molecular flexibility index (Phi) is 5.55. The highest BCUT2D eigenvalue weighted by Crippen LogP contribution is 2.32. The predicted octanol–water partition coefficient (Wildman–Crippen LogP) is 1.36. The van der Waals surface area contributed by atoms with E-state index >= 15 is 0 Å². The maximum atomic E-state index is 12.1. The standard InChI is InChI=1S/C19H20N4O4/c1-23(2)15-6-3-13(4-7-15)10-21-22-18(24)11-20-19(25)14-5-8-16-17(9-14)27-12-26-16/h3-10H,11-12H2,1-2H3,(H,20,25)(H,22,24)/b21-10-. The molecule has 1 aliphatic heterocycles. The number of ether oxygens (including phenoxy) is 2. The maximum absolute atomic E-state index is 12.1. The molecule has 8 nitrogen and oxygen atoms in total. The van der Waals surface area contributed by atoms with Gasteiger partial charge >= 0.3 is 0 Å². The molecule has 0 bridgehead atoms. The molecular formula is C19H20N4O4. The van der Waals surface area contributed by atoms with Crippen LogP contribution in [0.3, 0.4) is 0 Å². The third kappa shape index (κ3) is 4.75. The summed E-state index contributed by atoms with van der Waals surface area (Å²) >= 11 is 0. The molecule has 0 unspecified atom stereocenters. The Labute approximate surface area is 156 Å². The van der Waals surface area contributed by atoms with Gasteiger partial charge in [-0.1, -0.05) is 12.1 Å². The van der Waals surface area contributed by atoms with Crippen molar-refractivity contribution >= 4 is 23.7 Å². The summed E-state index contributed by atoms with van der Waals surface area (Å²) in [4.78, 5) is 25.9. The van der Waals surface area contributed by atoms with E-state index in [9.17, 15) is 9.59 Å². The van der Waals surface area contributed by atoms with Gasteiger partial charge in [-0.15, -0.1) is 0 Å². The molecule has 0 aromatic heterocycles. The third-order valence-corrected chi connectivity index (χ3v) is 3.86. The molecule has 0 saturated carbocycles. The van der Waals surface area contributed by atoms with E-state index in [0.717, 1.165) is 11.3 Å². The average molecular weight is 368 g/mol. The SMILES string of the molecule is CN(C)c1ccc(/C=N\NC(=O)CNC(=O)c2ccc3c(c2)OCO3)cc1. The summed E-state index contributed by atoms with van der Waals surface area (Å²) in [5.74, 6) is 0.297. The summed E-state index contributed by atoms with van der Waals surface area (Å²) in [7, 11) is 3.92. The van der Waals surface area contributed by atoms with Crippen molar-refractivity contribution in [2.75, 3.05) is 32.3 Å². The van der Waals surface area contributed by atoms with Crippen LogP contribution >= 0.6 is 0 Å². The highest BCUT2D eigenvalue weighted by molar-refractivity contribution is 5.97. The fourth-order valence-corrected chi connectivity index (χ4v) is 2.38. The van der Waals surface area contributed by atoms with Gasteiger partial charge in [0.1, 0.15) is 0 Å². The van der Waals surface area contributed by atoms with Crippen LogP contribution in [-0.2, 0) is 4.79 Å². The lowest BCUT2D eigenvalue weighted by Gasteiger charge is -2.11. The van der Waals surface area contributed by atoms with Crippen molar-refractivity contribution in [1.29, 1.82) is 0 Å². The fourth-order valence-electron chi connectivity index (χ4n) is 2.38. The highest BCUT2D eigenvalue weighted by Gasteiger charge is 2.16. The lowest BCUT2D eigenvalue weighted by Crippen LogP contribution is -2.34. The first-order chi connectivity index (χ1) is 13.0. The van der Waals surface area contributed by atoms with Crippen LogP contribution in [0.15, 0.2) is 47.6 Å². The quantitative estimate of drug-likeness (QED) is 0.593. The van der Waals surface area contributed by atoms with Crippen LogP contribution in [-0.4, -0.2) is 45.5 Å². The first-order valence-electron chi connectivity index (χ1n) is 8.30. The number of benzene rings is 2. The molecular weight excluding hydrogens is 348 g/mol. The van der Waals surface area contributed by atoms with Gasteiger partial charge in [0, 0.05) is 25.3 Å². The summed E-state index contributed by atoms with van der Waals surface area (Å²) < 4.78 is 10.4. The Bertz CT molecular complexity index is 863. The second kappa shape index (κ2) is 8.22. The molecule has 0 radical (unpaired) electrons. The average Bonchev–Trinajstić information content (AvgIpc) is 3.14. The minimum atomic E-state index is -0.426. The van der Waals surface area contributed by atoms with Crippen molar-refractivity contribution in [3.05, 3.63) is 53.6 Å². The van der Waals surface area contributed by atoms with Crippen LogP contribution in [0, 0.1) is 0 Å². The molecule has 3 rings (SSSR count). The van der Waals surface area contributed by atoms with Gasteiger partial charge in [-0.25, -0.2) is 5.43 Å². The van der Waals surface area contributed by atoms with Crippen molar-refractivity contribution in [1.82, 2.24) is 10.7 Å². The molecule has 0 saturated heterocycles. The number of carbonyl (C=O) groups excluding carboxylic acids is 2. The van der Waals surface area contributed by atoms with E-state index in [0.29, 0.717) is 17.1 Å². The van der Waals surface area contributed by atoms with E-state index in [4.69, 9.17) is 9.47 Å². The Morgan fingerprint density at radius 1 is 1.11 bits per heavy atom. The molecule has 2 aromatic carbocycles. The molecule has 0 aliphatic carbocycles. The van der Waals surface area contributed by atoms with Gasteiger partial charge in [-0.2, -0.15) is 5.10 Å². The normalized spacial score (nSPS) is 12.1. The molecule has 2 N–H and O–H groups in total. The highest BCUT2D eigenvalue weighted by atomic mass is 16.7. The summed E-state index contributed by atoms with van der Waals surface area (Å²) in [5, 5.41) is 6.42. The van der Waals surface area contributed by atoms with Crippen LogP contribution in [0.2, 0.25) is 0 Å². The monoisotopic (exact) mass is 368 g/mol. The van der Waals surface area contributed by atoms with E-state index in [2.05, 4.69) is 15.8 Å². The molecule has 140 valence electrons. The van der Waals surface area contributed by atoms with Crippen LogP contribution in [0.25, 0.3) is 0 Å². The zero-order chi connectivity index (χ0) is 19.2. The maximum Gasteiger partial charge on any atom is 0.259 e. The van der Waals surface area contributed by atoms with Crippen molar-refractivity contribution in [2.45, 2.75) is 0 Å². The van der Waals surface area contributed by atoms with Crippen LogP contribution in [0.5, 0.6) is 11.5 Å². The molecule has 2 aromatic rings. The molecule has 8 heteroatoms. The van der Waals surface area contributed by atoms with Gasteiger partial charge in [-0.05, 0) is 35.9 Å². The van der Waals surface area contributed by atoms with Crippen LogP contribution in [0.4, 0.5) is 5.69 Å². The molecule has 27 heavy (non-hydrogen) atoms. The topological polar surface area (TPSA) is 92.3 Å². The van der Waals surface area contributed by atoms with Gasteiger partial charge in [-0.3, -0.25) is 9.59 Å². The summed E-state index contributed by atoms with van der Waals surface area (Å²) in [5.41, 5.74) is 4.69. The van der Waals surface area contributed by atoms with Crippen molar-refractivity contribution in [3.63, 3.8) is 0 Å². The number of hydrogen-bond donors (Lipinski definition) is 2. The lowest BCUT2D eigenvalue weighted by molar-refractivity contribution is -0.120. The van der Waals surface area contributed by atoms with E-state index in [1.807, 2.05) is 43.3 Å². The molecule has 0 atom stereocenters. The zero-order valence-electron chi connectivity index (χ0n) is 15.1. The fraction of sp³-hybridized carbons (Fsp3) is 0.211. The Hall–Kier alpha value is -3.55. The third-order valence-electron chi connectivity index (χ3n) is 3.86. The van der Waals surface area contributed by atoms with Crippen molar-refractivity contribution in [2.24, 2.45) is 5.10 Å². The first kappa shape index (κ1) is 18.2. The molecule has 0 spiro atoms. The van der Waals surface area contributed by atoms with E-state index < -0.39 is 5.91 Å². The number of hydrazone groups is 1. The summed E-state index contributed by atoms with van der Waals surface area (Å²) in [6.07, 6.45) is 1.54. The predicted molar refractivity (Wildman–Crippen MR) is 101 cm³/mol. The molecule has 2 amide bonds. The van der Waals surface area contributed by atoms with Crippen molar-refractivity contribution < 1.29 is 19.1 Å². The second-order valence-electron chi connectivity index (χ2n) is 6.03. The smallest absolute Gasteiger partial charge is 0.259 e. The number of amides is 2. The van der Waals surface area contributed by atoms with Crippen LogP contribution in [0.1, 0.15) is 15.9 Å². The number of hydrogen-bond acceptors (Lipinski definition) is 6. The number of carbonyl (C=O) groups is 2. The van der Waals surface area contributed by atoms with Gasteiger partial charge < -0.3 is 19.7 Å². The minimum Gasteiger partial charge on any atom is -0.454 e. The van der Waals surface area contributed by atoms with E-state index in [1.54, 1.807) is 18.2 Å². The molecule has 1 aliphatic rings. The molecule has 1 heterocycles. The Balaban J connectivity index is 1.46. The van der Waals surface area contributed by atoms with Gasteiger partial charge in [0.25, 0.3) is 11.8 Å². The lowest BCUT2D eigenvalue weighted by atomic mass is 10.2. The number of rotatable bonds is 6. The van der Waals surface area contributed by atoms with Crippen LogP contribution < -0.4 is 25.1 Å². The number of fused-ring (bicyclic) bond motifs is 1. The Morgan fingerprint density at radius 2 is 1.85 bits per heavy atom. The number of nitrogens with zero attached hydrogens (tertiary/aromatic N) is 2. The first-order valence-corrected chi connectivity index (χ1v) is 8.30. The van der Waals surface area contributed by atoms with Gasteiger partial charge in [0.15, 0.2) is 11.5 Å². The van der Waals surface area contributed by atoms with E-state index in [1.165, 1.54) is 6.21 Å². The summed E-state index contributed by atoms with van der Waals surface area (Å²) in [6.45, 7) is -0.0527. The zero-order valence-corrected chi connectivity index (χ0v) is 15.1. The number of nitrogens with one attached hydrogen (secondary N) is 2. The minimum absolute atomic E-state index is 0.138. The largest absolute Gasteiger partial charge is 0.454 e.